The Bertz CT molecular complexity index is 851. The van der Waals surface area contributed by atoms with Gasteiger partial charge in [-0.1, -0.05) is 35.9 Å². The molecule has 0 radical (unpaired) electrons. The van der Waals surface area contributed by atoms with Crippen LogP contribution in [0, 0.1) is 6.92 Å². The minimum atomic E-state index is -0.208. The van der Waals surface area contributed by atoms with Gasteiger partial charge in [-0.25, -0.2) is 0 Å². The number of nitrogens with one attached hydrogen (secondary N) is 1. The van der Waals surface area contributed by atoms with E-state index in [1.54, 1.807) is 43.8 Å². The third kappa shape index (κ3) is 4.06. The SMILES string of the molecule is COc1cc(OC)cc(C(=O)N[C@H](c2ccc(C)cc2)c2cccs2)c1. The largest absolute Gasteiger partial charge is 0.497 e. The van der Waals surface area contributed by atoms with Crippen LogP contribution in [0.4, 0.5) is 0 Å². The maximum absolute atomic E-state index is 12.9. The van der Waals surface area contributed by atoms with Crippen molar-refractivity contribution in [3.63, 3.8) is 0 Å². The number of benzene rings is 2. The number of hydrogen-bond donors (Lipinski definition) is 1. The van der Waals surface area contributed by atoms with Gasteiger partial charge >= 0.3 is 0 Å². The zero-order chi connectivity index (χ0) is 18.5. The van der Waals surface area contributed by atoms with Crippen LogP contribution in [0.5, 0.6) is 11.5 Å². The molecule has 0 saturated carbocycles. The van der Waals surface area contributed by atoms with E-state index in [-0.39, 0.29) is 11.9 Å². The highest BCUT2D eigenvalue weighted by atomic mass is 32.1. The first-order chi connectivity index (χ1) is 12.6. The molecule has 3 aromatic rings. The number of hydrogen-bond acceptors (Lipinski definition) is 4. The van der Waals surface area contributed by atoms with E-state index in [0.717, 1.165) is 10.4 Å². The predicted molar refractivity (Wildman–Crippen MR) is 104 cm³/mol. The van der Waals surface area contributed by atoms with Gasteiger partial charge in [0.15, 0.2) is 0 Å². The number of carbonyl (C=O) groups is 1. The number of carbonyl (C=O) groups excluding carboxylic acids is 1. The van der Waals surface area contributed by atoms with Crippen LogP contribution in [-0.4, -0.2) is 20.1 Å². The summed E-state index contributed by atoms with van der Waals surface area (Å²) in [6.45, 7) is 2.05. The first-order valence-electron chi connectivity index (χ1n) is 8.24. The Kier molecular flexibility index (Phi) is 5.58. The molecule has 2 aromatic carbocycles. The number of amides is 1. The van der Waals surface area contributed by atoms with Crippen LogP contribution in [0.15, 0.2) is 60.0 Å². The van der Waals surface area contributed by atoms with Crippen molar-refractivity contribution < 1.29 is 14.3 Å². The van der Waals surface area contributed by atoms with E-state index in [1.807, 2.05) is 36.6 Å². The van der Waals surface area contributed by atoms with E-state index in [0.29, 0.717) is 17.1 Å². The quantitative estimate of drug-likeness (QED) is 0.693. The molecule has 26 heavy (non-hydrogen) atoms. The first kappa shape index (κ1) is 18.0. The minimum Gasteiger partial charge on any atom is -0.497 e. The van der Waals surface area contributed by atoms with Crippen LogP contribution in [0.2, 0.25) is 0 Å². The Morgan fingerprint density at radius 3 is 2.19 bits per heavy atom. The standard InChI is InChI=1S/C21H21NO3S/c1-14-6-8-15(9-7-14)20(19-5-4-10-26-19)22-21(23)16-11-17(24-2)13-18(12-16)25-3/h4-13,20H,1-3H3,(H,22,23)/t20-/m1/s1. The predicted octanol–water partition coefficient (Wildman–Crippen LogP) is 4.59. The van der Waals surface area contributed by atoms with Crippen LogP contribution in [-0.2, 0) is 0 Å². The van der Waals surface area contributed by atoms with E-state index < -0.39 is 0 Å². The van der Waals surface area contributed by atoms with Crippen molar-refractivity contribution in [3.05, 3.63) is 81.5 Å². The molecule has 1 atom stereocenters. The van der Waals surface area contributed by atoms with Crippen LogP contribution in [0.25, 0.3) is 0 Å². The monoisotopic (exact) mass is 367 g/mol. The summed E-state index contributed by atoms with van der Waals surface area (Å²) in [6.07, 6.45) is 0. The van der Waals surface area contributed by atoms with E-state index in [2.05, 4.69) is 17.4 Å². The summed E-state index contributed by atoms with van der Waals surface area (Å²) in [5, 5.41) is 5.15. The molecule has 0 aliphatic heterocycles. The van der Waals surface area contributed by atoms with E-state index in [4.69, 9.17) is 9.47 Å². The Morgan fingerprint density at radius 1 is 1.00 bits per heavy atom. The number of rotatable bonds is 6. The average molecular weight is 367 g/mol. The highest BCUT2D eigenvalue weighted by Crippen LogP contribution is 2.28. The maximum atomic E-state index is 12.9. The number of methoxy groups -OCH3 is 2. The van der Waals surface area contributed by atoms with Crippen molar-refractivity contribution in [3.8, 4) is 11.5 Å². The molecule has 1 N–H and O–H groups in total. The molecule has 1 heterocycles. The molecule has 0 bridgehead atoms. The van der Waals surface area contributed by atoms with Crippen molar-refractivity contribution in [2.75, 3.05) is 14.2 Å². The lowest BCUT2D eigenvalue weighted by Gasteiger charge is -2.19. The Labute approximate surface area is 157 Å². The van der Waals surface area contributed by atoms with E-state index in [1.165, 1.54) is 5.56 Å². The van der Waals surface area contributed by atoms with Crippen LogP contribution >= 0.6 is 11.3 Å². The normalized spacial score (nSPS) is 11.7. The summed E-state index contributed by atoms with van der Waals surface area (Å²) in [5.74, 6) is 0.983. The molecule has 0 aliphatic rings. The van der Waals surface area contributed by atoms with E-state index >= 15 is 0 Å². The fourth-order valence-corrected chi connectivity index (χ4v) is 3.49. The summed E-state index contributed by atoms with van der Waals surface area (Å²) >= 11 is 1.62. The molecular weight excluding hydrogens is 346 g/mol. The molecule has 0 aliphatic carbocycles. The molecule has 0 fully saturated rings. The summed E-state index contributed by atoms with van der Waals surface area (Å²) in [4.78, 5) is 14.0. The van der Waals surface area contributed by atoms with Gasteiger partial charge in [0.05, 0.1) is 20.3 Å². The van der Waals surface area contributed by atoms with Gasteiger partial charge in [0.2, 0.25) is 0 Å². The highest BCUT2D eigenvalue weighted by molar-refractivity contribution is 7.10. The second-order valence-electron chi connectivity index (χ2n) is 5.93. The molecular formula is C21H21NO3S. The smallest absolute Gasteiger partial charge is 0.252 e. The van der Waals surface area contributed by atoms with Gasteiger partial charge in [-0.3, -0.25) is 4.79 Å². The third-order valence-electron chi connectivity index (χ3n) is 4.13. The number of ether oxygens (including phenoxy) is 2. The molecule has 1 amide bonds. The molecule has 5 heteroatoms. The summed E-state index contributed by atoms with van der Waals surface area (Å²) in [6, 6.07) is 17.2. The molecule has 4 nitrogen and oxygen atoms in total. The average Bonchev–Trinajstić information content (AvgIpc) is 3.20. The second-order valence-corrected chi connectivity index (χ2v) is 6.91. The fourth-order valence-electron chi connectivity index (χ4n) is 2.69. The molecule has 0 saturated heterocycles. The molecule has 0 spiro atoms. The fraction of sp³-hybridized carbons (Fsp3) is 0.190. The lowest BCUT2D eigenvalue weighted by molar-refractivity contribution is 0.0943. The zero-order valence-electron chi connectivity index (χ0n) is 15.0. The lowest BCUT2D eigenvalue weighted by atomic mass is 10.0. The zero-order valence-corrected chi connectivity index (χ0v) is 15.8. The van der Waals surface area contributed by atoms with Gasteiger partial charge in [0.1, 0.15) is 11.5 Å². The van der Waals surface area contributed by atoms with E-state index in [9.17, 15) is 4.79 Å². The van der Waals surface area contributed by atoms with Gasteiger partial charge in [0.25, 0.3) is 5.91 Å². The van der Waals surface area contributed by atoms with Gasteiger partial charge in [-0.15, -0.1) is 11.3 Å². The molecule has 0 unspecified atom stereocenters. The third-order valence-corrected chi connectivity index (χ3v) is 5.06. The van der Waals surface area contributed by atoms with Crippen molar-refractivity contribution >= 4 is 17.2 Å². The van der Waals surface area contributed by atoms with Gasteiger partial charge in [-0.2, -0.15) is 0 Å². The summed E-state index contributed by atoms with van der Waals surface area (Å²) in [7, 11) is 3.13. The Morgan fingerprint density at radius 2 is 1.65 bits per heavy atom. The van der Waals surface area contributed by atoms with Crippen molar-refractivity contribution in [1.82, 2.24) is 5.32 Å². The summed E-state index contributed by atoms with van der Waals surface area (Å²) < 4.78 is 10.5. The van der Waals surface area contributed by atoms with Gasteiger partial charge in [-0.05, 0) is 36.1 Å². The molecule has 3 rings (SSSR count). The topological polar surface area (TPSA) is 47.6 Å². The van der Waals surface area contributed by atoms with Gasteiger partial charge in [0, 0.05) is 16.5 Å². The van der Waals surface area contributed by atoms with Crippen molar-refractivity contribution in [2.45, 2.75) is 13.0 Å². The Hall–Kier alpha value is -2.79. The van der Waals surface area contributed by atoms with Crippen LogP contribution in [0.1, 0.15) is 32.4 Å². The number of thiophene rings is 1. The lowest BCUT2D eigenvalue weighted by Crippen LogP contribution is -2.28. The van der Waals surface area contributed by atoms with Gasteiger partial charge < -0.3 is 14.8 Å². The number of aryl methyl sites for hydroxylation is 1. The van der Waals surface area contributed by atoms with Crippen molar-refractivity contribution in [2.24, 2.45) is 0 Å². The van der Waals surface area contributed by atoms with Crippen LogP contribution < -0.4 is 14.8 Å². The molecule has 134 valence electrons. The highest BCUT2D eigenvalue weighted by Gasteiger charge is 2.19. The first-order valence-corrected chi connectivity index (χ1v) is 9.12. The minimum absolute atomic E-state index is 0.179. The Balaban J connectivity index is 1.92. The molecule has 1 aromatic heterocycles. The second kappa shape index (κ2) is 8.06. The summed E-state index contributed by atoms with van der Waals surface area (Å²) in [5.41, 5.74) is 2.72. The van der Waals surface area contributed by atoms with Crippen molar-refractivity contribution in [1.29, 1.82) is 0 Å². The maximum Gasteiger partial charge on any atom is 0.252 e. The van der Waals surface area contributed by atoms with Crippen LogP contribution in [0.3, 0.4) is 0 Å².